The highest BCUT2D eigenvalue weighted by molar-refractivity contribution is 5.01. The number of rotatable bonds is 9. The summed E-state index contributed by atoms with van der Waals surface area (Å²) in [5, 5.41) is 38.0. The minimum Gasteiger partial charge on any atom is -0.387 e. The average molecular weight is 444 g/mol. The SMILES string of the molecule is CN(CCC1CNCN1)CCN(C)C[C@H]1O[C@@H](N2CNC3C(N)NCNC32)[C@H](O)[C@@H]1O. The Morgan fingerprint density at radius 1 is 1.00 bits per heavy atom. The van der Waals surface area contributed by atoms with E-state index in [0.717, 1.165) is 39.3 Å². The quantitative estimate of drug-likeness (QED) is 0.173. The van der Waals surface area contributed by atoms with Crippen LogP contribution in [0.1, 0.15) is 6.42 Å². The molecule has 0 bridgehead atoms. The van der Waals surface area contributed by atoms with Crippen molar-refractivity contribution in [1.82, 2.24) is 41.3 Å². The largest absolute Gasteiger partial charge is 0.387 e. The molecule has 9 N–H and O–H groups in total. The van der Waals surface area contributed by atoms with Crippen molar-refractivity contribution in [3.63, 3.8) is 0 Å². The lowest BCUT2D eigenvalue weighted by atomic mass is 10.1. The molecule has 0 aromatic carbocycles. The first-order valence-corrected chi connectivity index (χ1v) is 11.5. The molecule has 0 aromatic rings. The van der Waals surface area contributed by atoms with Gasteiger partial charge in [-0.15, -0.1) is 0 Å². The Balaban J connectivity index is 1.21. The number of ether oxygens (including phenoxy) is 1. The Morgan fingerprint density at radius 2 is 1.81 bits per heavy atom. The fourth-order valence-corrected chi connectivity index (χ4v) is 4.97. The van der Waals surface area contributed by atoms with Gasteiger partial charge in [-0.1, -0.05) is 0 Å². The molecule has 12 heteroatoms. The van der Waals surface area contributed by atoms with Crippen LogP contribution in [0, 0.1) is 0 Å². The van der Waals surface area contributed by atoms with Gasteiger partial charge >= 0.3 is 0 Å². The molecule has 4 fully saturated rings. The van der Waals surface area contributed by atoms with Gasteiger partial charge in [0.15, 0.2) is 0 Å². The second kappa shape index (κ2) is 10.6. The third kappa shape index (κ3) is 5.54. The highest BCUT2D eigenvalue weighted by Crippen LogP contribution is 2.28. The number of aliphatic hydroxyl groups is 2. The van der Waals surface area contributed by atoms with Gasteiger partial charge < -0.3 is 41.1 Å². The Morgan fingerprint density at radius 3 is 2.58 bits per heavy atom. The molecule has 4 aliphatic heterocycles. The molecule has 180 valence electrons. The van der Waals surface area contributed by atoms with Crippen molar-refractivity contribution in [3.05, 3.63) is 0 Å². The summed E-state index contributed by atoms with van der Waals surface area (Å²) in [6, 6.07) is 0.582. The lowest BCUT2D eigenvalue weighted by Gasteiger charge is -2.38. The fraction of sp³-hybridized carbons (Fsp3) is 1.00. The Labute approximate surface area is 184 Å². The molecular weight excluding hydrogens is 402 g/mol. The molecule has 0 aromatic heterocycles. The topological polar surface area (TPSA) is 146 Å². The Hall–Kier alpha value is -0.480. The first-order chi connectivity index (χ1) is 14.9. The molecule has 4 heterocycles. The fourth-order valence-electron chi connectivity index (χ4n) is 4.97. The van der Waals surface area contributed by atoms with Crippen LogP contribution in [0.25, 0.3) is 0 Å². The van der Waals surface area contributed by atoms with Gasteiger partial charge in [-0.3, -0.25) is 16.0 Å². The van der Waals surface area contributed by atoms with Gasteiger partial charge in [-0.2, -0.15) is 0 Å². The van der Waals surface area contributed by atoms with E-state index >= 15 is 0 Å². The van der Waals surface area contributed by atoms with Gasteiger partial charge in [0, 0.05) is 45.6 Å². The summed E-state index contributed by atoms with van der Waals surface area (Å²) in [5.74, 6) is 0. The number of nitrogens with one attached hydrogen (secondary N) is 5. The van der Waals surface area contributed by atoms with Crippen LogP contribution in [0.4, 0.5) is 0 Å². The summed E-state index contributed by atoms with van der Waals surface area (Å²) >= 11 is 0. The van der Waals surface area contributed by atoms with E-state index in [-0.39, 0.29) is 18.4 Å². The molecule has 0 spiro atoms. The van der Waals surface area contributed by atoms with Crippen molar-refractivity contribution in [1.29, 1.82) is 0 Å². The van der Waals surface area contributed by atoms with E-state index in [4.69, 9.17) is 10.5 Å². The van der Waals surface area contributed by atoms with E-state index in [1.807, 2.05) is 11.9 Å². The molecule has 31 heavy (non-hydrogen) atoms. The zero-order valence-electron chi connectivity index (χ0n) is 18.7. The van der Waals surface area contributed by atoms with Crippen molar-refractivity contribution in [2.75, 3.05) is 66.8 Å². The minimum atomic E-state index is -0.956. The van der Waals surface area contributed by atoms with Crippen molar-refractivity contribution >= 4 is 0 Å². The van der Waals surface area contributed by atoms with Crippen molar-refractivity contribution in [2.45, 2.75) is 55.4 Å². The monoisotopic (exact) mass is 443 g/mol. The normalized spacial score (nSPS) is 41.5. The van der Waals surface area contributed by atoms with Crippen LogP contribution >= 0.6 is 0 Å². The van der Waals surface area contributed by atoms with Crippen LogP contribution in [-0.2, 0) is 4.74 Å². The molecule has 8 atom stereocenters. The minimum absolute atomic E-state index is 0.0224. The third-order valence-corrected chi connectivity index (χ3v) is 7.03. The summed E-state index contributed by atoms with van der Waals surface area (Å²) in [6.45, 7) is 6.52. The zero-order valence-corrected chi connectivity index (χ0v) is 18.7. The van der Waals surface area contributed by atoms with E-state index in [0.29, 0.717) is 25.9 Å². The molecule has 4 saturated heterocycles. The van der Waals surface area contributed by atoms with Crippen LogP contribution in [0.5, 0.6) is 0 Å². The van der Waals surface area contributed by atoms with Gasteiger partial charge in [0.2, 0.25) is 0 Å². The van der Waals surface area contributed by atoms with E-state index in [1.54, 1.807) is 0 Å². The number of hydrogen-bond donors (Lipinski definition) is 8. The second-order valence-electron chi connectivity index (χ2n) is 9.39. The Bertz CT molecular complexity index is 570. The van der Waals surface area contributed by atoms with Gasteiger partial charge in [0.1, 0.15) is 24.5 Å². The summed E-state index contributed by atoms with van der Waals surface area (Å²) in [6.07, 6.45) is -1.95. The highest BCUT2D eigenvalue weighted by atomic mass is 16.6. The molecule has 12 nitrogen and oxygen atoms in total. The number of likely N-dealkylation sites (N-methyl/N-ethyl adjacent to an activating group) is 2. The van der Waals surface area contributed by atoms with E-state index in [2.05, 4.69) is 43.4 Å². The van der Waals surface area contributed by atoms with Crippen LogP contribution in [0.3, 0.4) is 0 Å². The predicted octanol–water partition coefficient (Wildman–Crippen LogP) is -4.80. The maximum absolute atomic E-state index is 10.7. The van der Waals surface area contributed by atoms with E-state index < -0.39 is 24.5 Å². The molecule has 0 amide bonds. The van der Waals surface area contributed by atoms with Crippen LogP contribution in [0.2, 0.25) is 0 Å². The van der Waals surface area contributed by atoms with Crippen molar-refractivity contribution in [2.24, 2.45) is 5.73 Å². The maximum atomic E-state index is 10.7. The zero-order chi connectivity index (χ0) is 22.0. The van der Waals surface area contributed by atoms with E-state index in [1.165, 1.54) is 0 Å². The Kier molecular flexibility index (Phi) is 8.12. The molecule has 0 radical (unpaired) electrons. The molecular formula is C19H41N9O3. The predicted molar refractivity (Wildman–Crippen MR) is 117 cm³/mol. The van der Waals surface area contributed by atoms with Crippen LogP contribution in [-0.4, -0.2) is 141 Å². The van der Waals surface area contributed by atoms with Gasteiger partial charge in [-0.25, -0.2) is 4.90 Å². The van der Waals surface area contributed by atoms with Crippen LogP contribution in [0.15, 0.2) is 0 Å². The first-order valence-electron chi connectivity index (χ1n) is 11.5. The number of aliphatic hydroxyl groups excluding tert-OH is 2. The van der Waals surface area contributed by atoms with Gasteiger partial charge in [-0.05, 0) is 27.1 Å². The summed E-state index contributed by atoms with van der Waals surface area (Å²) in [4.78, 5) is 6.53. The molecule has 0 saturated carbocycles. The second-order valence-corrected chi connectivity index (χ2v) is 9.39. The van der Waals surface area contributed by atoms with Crippen molar-refractivity contribution < 1.29 is 14.9 Å². The van der Waals surface area contributed by atoms with E-state index in [9.17, 15) is 10.2 Å². The maximum Gasteiger partial charge on any atom is 0.142 e. The van der Waals surface area contributed by atoms with Gasteiger partial charge in [0.05, 0.1) is 25.0 Å². The lowest BCUT2D eigenvalue weighted by Crippen LogP contribution is -2.68. The molecule has 0 aliphatic carbocycles. The van der Waals surface area contributed by atoms with Crippen molar-refractivity contribution in [3.8, 4) is 0 Å². The van der Waals surface area contributed by atoms with Gasteiger partial charge in [0.25, 0.3) is 0 Å². The first kappa shape index (κ1) is 23.7. The average Bonchev–Trinajstić information content (AvgIpc) is 3.48. The number of nitrogens with zero attached hydrogens (tertiary/aromatic N) is 3. The third-order valence-electron chi connectivity index (χ3n) is 7.03. The summed E-state index contributed by atoms with van der Waals surface area (Å²) in [7, 11) is 4.18. The molecule has 4 aliphatic rings. The molecule has 4 unspecified atom stereocenters. The summed E-state index contributed by atoms with van der Waals surface area (Å²) < 4.78 is 6.16. The number of hydrogen-bond acceptors (Lipinski definition) is 12. The number of nitrogens with two attached hydrogens (primary N) is 1. The van der Waals surface area contributed by atoms with Crippen LogP contribution < -0.4 is 32.3 Å². The summed E-state index contributed by atoms with van der Waals surface area (Å²) in [5.41, 5.74) is 6.14. The number of fused-ring (bicyclic) bond motifs is 1. The smallest absolute Gasteiger partial charge is 0.142 e. The standard InChI is InChI=1S/C19H41N9O3/c1-26(4-3-12-7-21-9-22-12)5-6-27(2)8-13-15(29)16(30)19(31-13)28-11-25-14-17(20)23-10-24-18(14)28/h12-19,21-25,29-30H,3-11,20H2,1-2H3/t12?,13-,14?,15-,16-,17?,18?,19-/m1/s1. The lowest BCUT2D eigenvalue weighted by molar-refractivity contribution is -0.106. The molecule has 4 rings (SSSR count). The highest BCUT2D eigenvalue weighted by Gasteiger charge is 2.51.